The fourth-order valence-electron chi connectivity index (χ4n) is 1.75. The van der Waals surface area contributed by atoms with E-state index in [-0.39, 0.29) is 11.4 Å². The van der Waals surface area contributed by atoms with E-state index in [0.29, 0.717) is 17.4 Å². The smallest absolute Gasteiger partial charge is 0.241 e. The van der Waals surface area contributed by atoms with Crippen molar-refractivity contribution >= 4 is 27.4 Å². The second-order valence-electron chi connectivity index (χ2n) is 4.32. The van der Waals surface area contributed by atoms with Gasteiger partial charge in [0.15, 0.2) is 0 Å². The molecule has 0 atom stereocenters. The van der Waals surface area contributed by atoms with Crippen molar-refractivity contribution in [3.05, 3.63) is 53.2 Å². The number of sulfonamides is 1. The van der Waals surface area contributed by atoms with Gasteiger partial charge in [-0.25, -0.2) is 18.1 Å². The molecule has 0 saturated heterocycles. The first kappa shape index (κ1) is 15.8. The van der Waals surface area contributed by atoms with Crippen molar-refractivity contribution in [1.82, 2.24) is 9.71 Å². The molecule has 0 amide bonds. The summed E-state index contributed by atoms with van der Waals surface area (Å²) in [6, 6.07) is 10.1. The van der Waals surface area contributed by atoms with Gasteiger partial charge in [0.25, 0.3) is 0 Å². The van der Waals surface area contributed by atoms with Crippen molar-refractivity contribution in [1.29, 1.82) is 0 Å². The van der Waals surface area contributed by atoms with Crippen molar-refractivity contribution < 1.29 is 8.42 Å². The summed E-state index contributed by atoms with van der Waals surface area (Å²) in [5, 5.41) is 3.51. The molecule has 1 heterocycles. The number of anilines is 1. The maximum Gasteiger partial charge on any atom is 0.241 e. The van der Waals surface area contributed by atoms with Gasteiger partial charge < -0.3 is 5.32 Å². The molecule has 5 nitrogen and oxygen atoms in total. The summed E-state index contributed by atoms with van der Waals surface area (Å²) >= 11 is 6.01. The quantitative estimate of drug-likeness (QED) is 0.856. The molecule has 112 valence electrons. The van der Waals surface area contributed by atoms with Gasteiger partial charge in [-0.05, 0) is 24.6 Å². The van der Waals surface area contributed by atoms with Crippen molar-refractivity contribution in [2.45, 2.75) is 18.4 Å². The normalized spacial score (nSPS) is 11.3. The molecule has 0 aliphatic rings. The Bertz CT molecular complexity index is 720. The molecular weight excluding hydrogens is 310 g/mol. The first-order valence-corrected chi connectivity index (χ1v) is 8.32. The molecule has 1 aromatic heterocycles. The molecule has 2 N–H and O–H groups in total. The second-order valence-corrected chi connectivity index (χ2v) is 6.50. The first-order valence-electron chi connectivity index (χ1n) is 6.46. The average molecular weight is 326 g/mol. The summed E-state index contributed by atoms with van der Waals surface area (Å²) < 4.78 is 27.1. The number of pyridine rings is 1. The Morgan fingerprint density at radius 3 is 2.71 bits per heavy atom. The van der Waals surface area contributed by atoms with Gasteiger partial charge in [-0.2, -0.15) is 0 Å². The highest BCUT2D eigenvalue weighted by atomic mass is 35.5. The molecule has 21 heavy (non-hydrogen) atoms. The van der Waals surface area contributed by atoms with Crippen LogP contribution in [0.4, 0.5) is 5.82 Å². The number of aromatic nitrogens is 1. The minimum Gasteiger partial charge on any atom is -0.370 e. The predicted octanol–water partition coefficient (Wildman–Crippen LogP) is 2.65. The number of rotatable bonds is 6. The SMILES string of the molecule is CCNc1cc(S(=O)(=O)NCc2ccccc2Cl)ccn1. The summed E-state index contributed by atoms with van der Waals surface area (Å²) in [6.07, 6.45) is 1.46. The van der Waals surface area contributed by atoms with E-state index in [0.717, 1.165) is 5.56 Å². The summed E-state index contributed by atoms with van der Waals surface area (Å²) in [4.78, 5) is 4.22. The van der Waals surface area contributed by atoms with Gasteiger partial charge in [-0.1, -0.05) is 29.8 Å². The Morgan fingerprint density at radius 2 is 2.00 bits per heavy atom. The molecule has 0 bridgehead atoms. The van der Waals surface area contributed by atoms with Gasteiger partial charge in [-0.15, -0.1) is 0 Å². The number of hydrogen-bond donors (Lipinski definition) is 2. The van der Waals surface area contributed by atoms with Crippen LogP contribution in [0.15, 0.2) is 47.5 Å². The van der Waals surface area contributed by atoms with Gasteiger partial charge >= 0.3 is 0 Å². The molecule has 2 rings (SSSR count). The van der Waals surface area contributed by atoms with E-state index in [1.807, 2.05) is 13.0 Å². The maximum absolute atomic E-state index is 12.3. The average Bonchev–Trinajstić information content (AvgIpc) is 2.47. The van der Waals surface area contributed by atoms with Crippen LogP contribution >= 0.6 is 11.6 Å². The zero-order valence-corrected chi connectivity index (χ0v) is 13.1. The van der Waals surface area contributed by atoms with Crippen LogP contribution in [0, 0.1) is 0 Å². The van der Waals surface area contributed by atoms with E-state index < -0.39 is 10.0 Å². The van der Waals surface area contributed by atoms with E-state index in [1.165, 1.54) is 18.3 Å². The van der Waals surface area contributed by atoms with Crippen LogP contribution in [0.25, 0.3) is 0 Å². The lowest BCUT2D eigenvalue weighted by atomic mass is 10.2. The first-order chi connectivity index (χ1) is 10.0. The summed E-state index contributed by atoms with van der Waals surface area (Å²) in [5.74, 6) is 0.526. The molecule has 0 aliphatic heterocycles. The van der Waals surface area contributed by atoms with Crippen molar-refractivity contribution in [2.75, 3.05) is 11.9 Å². The zero-order valence-electron chi connectivity index (χ0n) is 11.5. The third-order valence-electron chi connectivity index (χ3n) is 2.81. The summed E-state index contributed by atoms with van der Waals surface area (Å²) in [5.41, 5.74) is 0.726. The minimum absolute atomic E-state index is 0.140. The third-order valence-corrected chi connectivity index (χ3v) is 4.58. The molecule has 0 spiro atoms. The number of hydrogen-bond acceptors (Lipinski definition) is 4. The Morgan fingerprint density at radius 1 is 1.24 bits per heavy atom. The van der Waals surface area contributed by atoms with Crippen LogP contribution in [0.5, 0.6) is 0 Å². The fraction of sp³-hybridized carbons (Fsp3) is 0.214. The van der Waals surface area contributed by atoms with Crippen LogP contribution in [0.1, 0.15) is 12.5 Å². The van der Waals surface area contributed by atoms with E-state index in [1.54, 1.807) is 18.2 Å². The minimum atomic E-state index is -3.60. The van der Waals surface area contributed by atoms with E-state index >= 15 is 0 Å². The molecule has 0 saturated carbocycles. The fourth-order valence-corrected chi connectivity index (χ4v) is 2.98. The highest BCUT2D eigenvalue weighted by molar-refractivity contribution is 7.89. The van der Waals surface area contributed by atoms with Gasteiger partial charge in [0.05, 0.1) is 4.90 Å². The van der Waals surface area contributed by atoms with Gasteiger partial charge in [0, 0.05) is 30.4 Å². The standard InChI is InChI=1S/C14H16ClN3O2S/c1-2-16-14-9-12(7-8-17-14)21(19,20)18-10-11-5-3-4-6-13(11)15/h3-9,18H,2,10H2,1H3,(H,16,17). The van der Waals surface area contributed by atoms with Gasteiger partial charge in [0.1, 0.15) is 5.82 Å². The van der Waals surface area contributed by atoms with Crippen molar-refractivity contribution in [2.24, 2.45) is 0 Å². The van der Waals surface area contributed by atoms with Crippen LogP contribution in [-0.2, 0) is 16.6 Å². The molecule has 2 aromatic rings. The zero-order chi connectivity index (χ0) is 15.3. The maximum atomic E-state index is 12.3. The number of benzene rings is 1. The van der Waals surface area contributed by atoms with Crippen molar-refractivity contribution in [3.63, 3.8) is 0 Å². The lowest BCUT2D eigenvalue weighted by molar-refractivity contribution is 0.581. The summed E-state index contributed by atoms with van der Waals surface area (Å²) in [6.45, 7) is 2.73. The molecule has 0 aliphatic carbocycles. The molecule has 0 unspecified atom stereocenters. The highest BCUT2D eigenvalue weighted by Crippen LogP contribution is 2.17. The van der Waals surface area contributed by atoms with Gasteiger partial charge in [0.2, 0.25) is 10.0 Å². The number of halogens is 1. The second kappa shape index (κ2) is 6.89. The summed E-state index contributed by atoms with van der Waals surface area (Å²) in [7, 11) is -3.60. The molecular formula is C14H16ClN3O2S. The van der Waals surface area contributed by atoms with Crippen LogP contribution in [0.2, 0.25) is 5.02 Å². The Hall–Kier alpha value is -1.63. The Kier molecular flexibility index (Phi) is 5.17. The van der Waals surface area contributed by atoms with E-state index in [9.17, 15) is 8.42 Å². The van der Waals surface area contributed by atoms with E-state index in [4.69, 9.17) is 11.6 Å². The monoisotopic (exact) mass is 325 g/mol. The number of nitrogens with one attached hydrogen (secondary N) is 2. The van der Waals surface area contributed by atoms with Gasteiger partial charge in [-0.3, -0.25) is 0 Å². The lowest BCUT2D eigenvalue weighted by Gasteiger charge is -2.09. The third kappa shape index (κ3) is 4.17. The largest absolute Gasteiger partial charge is 0.370 e. The van der Waals surface area contributed by atoms with Crippen LogP contribution < -0.4 is 10.0 Å². The topological polar surface area (TPSA) is 71.1 Å². The molecule has 7 heteroatoms. The highest BCUT2D eigenvalue weighted by Gasteiger charge is 2.15. The Labute approximate surface area is 129 Å². The lowest BCUT2D eigenvalue weighted by Crippen LogP contribution is -2.23. The molecule has 0 fully saturated rings. The Balaban J connectivity index is 2.15. The molecule has 0 radical (unpaired) electrons. The van der Waals surface area contributed by atoms with E-state index in [2.05, 4.69) is 15.0 Å². The van der Waals surface area contributed by atoms with Crippen LogP contribution in [0.3, 0.4) is 0 Å². The number of nitrogens with zero attached hydrogens (tertiary/aromatic N) is 1. The molecule has 1 aromatic carbocycles. The van der Waals surface area contributed by atoms with Crippen LogP contribution in [-0.4, -0.2) is 19.9 Å². The van der Waals surface area contributed by atoms with Crippen molar-refractivity contribution in [3.8, 4) is 0 Å². The predicted molar refractivity (Wildman–Crippen MR) is 83.9 cm³/mol.